The van der Waals surface area contributed by atoms with Crippen molar-refractivity contribution in [3.05, 3.63) is 72.3 Å². The molecule has 0 spiro atoms. The standard InChI is InChI=1S/C28H32N6O4/c1-21(35)31-14-16-32(17-15-31)28(37)22-8-7-9-23(18-22)34-27(29-20-30-34)25-12-5-6-13-33(25)26(36)19-38-24-10-3-2-4-11-24/h2-4,7-11,18,20,25H,5-6,12-17,19H2,1H3/t25-/m1/s1. The van der Waals surface area contributed by atoms with Gasteiger partial charge in [0.15, 0.2) is 12.4 Å². The zero-order chi connectivity index (χ0) is 26.5. The van der Waals surface area contributed by atoms with Crippen molar-refractivity contribution in [2.24, 2.45) is 0 Å². The van der Waals surface area contributed by atoms with E-state index < -0.39 is 0 Å². The van der Waals surface area contributed by atoms with Gasteiger partial charge in [0.25, 0.3) is 11.8 Å². The Hall–Kier alpha value is -4.21. The van der Waals surface area contributed by atoms with Crippen LogP contribution in [0.25, 0.3) is 5.69 Å². The normalized spacial score (nSPS) is 17.8. The Labute approximate surface area is 221 Å². The van der Waals surface area contributed by atoms with Crippen molar-refractivity contribution < 1.29 is 19.1 Å². The molecule has 0 unspecified atom stereocenters. The smallest absolute Gasteiger partial charge is 0.261 e. The molecule has 2 fully saturated rings. The van der Waals surface area contributed by atoms with E-state index in [1.807, 2.05) is 53.4 Å². The van der Waals surface area contributed by atoms with Crippen LogP contribution in [0, 0.1) is 0 Å². The molecule has 198 valence electrons. The van der Waals surface area contributed by atoms with E-state index in [4.69, 9.17) is 4.74 Å². The van der Waals surface area contributed by atoms with E-state index in [0.29, 0.717) is 55.5 Å². The van der Waals surface area contributed by atoms with Crippen molar-refractivity contribution in [3.8, 4) is 11.4 Å². The van der Waals surface area contributed by atoms with E-state index in [9.17, 15) is 14.4 Å². The summed E-state index contributed by atoms with van der Waals surface area (Å²) in [4.78, 5) is 47.9. The van der Waals surface area contributed by atoms with E-state index in [-0.39, 0.29) is 30.4 Å². The number of hydrogen-bond donors (Lipinski definition) is 0. The van der Waals surface area contributed by atoms with Gasteiger partial charge in [-0.3, -0.25) is 14.4 Å². The molecule has 10 heteroatoms. The van der Waals surface area contributed by atoms with Gasteiger partial charge in [-0.25, -0.2) is 9.67 Å². The number of piperazine rings is 1. The van der Waals surface area contributed by atoms with Gasteiger partial charge in [0.05, 0.1) is 11.7 Å². The summed E-state index contributed by atoms with van der Waals surface area (Å²) in [5.41, 5.74) is 1.26. The Morgan fingerprint density at radius 2 is 1.68 bits per heavy atom. The summed E-state index contributed by atoms with van der Waals surface area (Å²) in [5.74, 6) is 1.17. The zero-order valence-electron chi connectivity index (χ0n) is 21.5. The summed E-state index contributed by atoms with van der Waals surface area (Å²) >= 11 is 0. The highest BCUT2D eigenvalue weighted by Crippen LogP contribution is 2.31. The number of amides is 3. The monoisotopic (exact) mass is 516 g/mol. The van der Waals surface area contributed by atoms with Crippen molar-refractivity contribution in [2.45, 2.75) is 32.2 Å². The molecule has 1 atom stereocenters. The second kappa shape index (κ2) is 11.5. The third kappa shape index (κ3) is 5.53. The molecule has 3 amide bonds. The highest BCUT2D eigenvalue weighted by atomic mass is 16.5. The van der Waals surface area contributed by atoms with Crippen molar-refractivity contribution in [2.75, 3.05) is 39.3 Å². The summed E-state index contributed by atoms with van der Waals surface area (Å²) in [7, 11) is 0. The summed E-state index contributed by atoms with van der Waals surface area (Å²) in [6.45, 7) is 4.20. The van der Waals surface area contributed by atoms with Crippen LogP contribution in [-0.2, 0) is 9.59 Å². The van der Waals surface area contributed by atoms with Crippen molar-refractivity contribution in [3.63, 3.8) is 0 Å². The minimum atomic E-state index is -0.239. The number of nitrogens with zero attached hydrogens (tertiary/aromatic N) is 6. The van der Waals surface area contributed by atoms with E-state index in [0.717, 1.165) is 19.3 Å². The van der Waals surface area contributed by atoms with Crippen LogP contribution < -0.4 is 4.74 Å². The third-order valence-corrected chi connectivity index (χ3v) is 7.15. The van der Waals surface area contributed by atoms with Crippen LogP contribution in [0.5, 0.6) is 5.75 Å². The molecule has 2 aliphatic rings. The highest BCUT2D eigenvalue weighted by molar-refractivity contribution is 5.95. The topological polar surface area (TPSA) is 101 Å². The first-order valence-electron chi connectivity index (χ1n) is 13.0. The van der Waals surface area contributed by atoms with E-state index >= 15 is 0 Å². The summed E-state index contributed by atoms with van der Waals surface area (Å²) in [6.07, 6.45) is 4.16. The fraction of sp³-hybridized carbons (Fsp3) is 0.393. The lowest BCUT2D eigenvalue weighted by Gasteiger charge is -2.35. The number of carbonyl (C=O) groups excluding carboxylic acids is 3. The Bertz CT molecular complexity index is 1290. The predicted octanol–water partition coefficient (Wildman–Crippen LogP) is 2.70. The summed E-state index contributed by atoms with van der Waals surface area (Å²) < 4.78 is 7.44. The molecule has 10 nitrogen and oxygen atoms in total. The first kappa shape index (κ1) is 25.4. The molecular formula is C28H32N6O4. The van der Waals surface area contributed by atoms with E-state index in [2.05, 4.69) is 10.1 Å². The number of carbonyl (C=O) groups is 3. The zero-order valence-corrected chi connectivity index (χ0v) is 21.5. The summed E-state index contributed by atoms with van der Waals surface area (Å²) in [5, 5.41) is 4.46. The van der Waals surface area contributed by atoms with Gasteiger partial charge in [0.2, 0.25) is 5.91 Å². The number of rotatable bonds is 6. The lowest BCUT2D eigenvalue weighted by molar-refractivity contribution is -0.137. The molecule has 0 N–H and O–H groups in total. The summed E-state index contributed by atoms with van der Waals surface area (Å²) in [6, 6.07) is 16.4. The molecule has 3 aromatic rings. The van der Waals surface area contributed by atoms with Gasteiger partial charge >= 0.3 is 0 Å². The lowest BCUT2D eigenvalue weighted by atomic mass is 10.0. The maximum atomic E-state index is 13.2. The molecule has 38 heavy (non-hydrogen) atoms. The van der Waals surface area contributed by atoms with Crippen molar-refractivity contribution in [1.29, 1.82) is 0 Å². The lowest BCUT2D eigenvalue weighted by Crippen LogP contribution is -2.50. The van der Waals surface area contributed by atoms with Crippen molar-refractivity contribution >= 4 is 17.7 Å². The quantitative estimate of drug-likeness (QED) is 0.499. The van der Waals surface area contributed by atoms with Gasteiger partial charge in [-0.2, -0.15) is 5.10 Å². The van der Waals surface area contributed by atoms with Crippen LogP contribution in [0.3, 0.4) is 0 Å². The molecule has 5 rings (SSSR count). The molecule has 0 aliphatic carbocycles. The van der Waals surface area contributed by atoms with Crippen molar-refractivity contribution in [1.82, 2.24) is 29.5 Å². The first-order valence-corrected chi connectivity index (χ1v) is 13.0. The second-order valence-electron chi connectivity index (χ2n) is 9.58. The van der Waals surface area contributed by atoms with Crippen LogP contribution in [0.15, 0.2) is 60.9 Å². The number of ether oxygens (including phenoxy) is 1. The number of likely N-dealkylation sites (tertiary alicyclic amines) is 1. The van der Waals surface area contributed by atoms with Gasteiger partial charge in [-0.05, 0) is 49.6 Å². The Morgan fingerprint density at radius 3 is 2.45 bits per heavy atom. The highest BCUT2D eigenvalue weighted by Gasteiger charge is 2.32. The molecular weight excluding hydrogens is 484 g/mol. The Kier molecular flexibility index (Phi) is 7.67. The van der Waals surface area contributed by atoms with Crippen LogP contribution in [-0.4, -0.2) is 86.5 Å². The van der Waals surface area contributed by atoms with E-state index in [1.165, 1.54) is 6.33 Å². The number of aromatic nitrogens is 3. The number of piperidine rings is 1. The fourth-order valence-electron chi connectivity index (χ4n) is 5.10. The predicted molar refractivity (Wildman–Crippen MR) is 140 cm³/mol. The molecule has 3 heterocycles. The first-order chi connectivity index (χ1) is 18.5. The fourth-order valence-corrected chi connectivity index (χ4v) is 5.10. The molecule has 0 saturated carbocycles. The van der Waals surface area contributed by atoms with Gasteiger partial charge < -0.3 is 19.4 Å². The average molecular weight is 517 g/mol. The molecule has 2 saturated heterocycles. The average Bonchev–Trinajstić information content (AvgIpc) is 3.46. The second-order valence-corrected chi connectivity index (χ2v) is 9.58. The number of benzene rings is 2. The molecule has 2 aliphatic heterocycles. The Morgan fingerprint density at radius 1 is 0.921 bits per heavy atom. The van der Waals surface area contributed by atoms with Gasteiger partial charge in [-0.1, -0.05) is 24.3 Å². The Balaban J connectivity index is 1.32. The SMILES string of the molecule is CC(=O)N1CCN(C(=O)c2cccc(-n3ncnc3[C@H]3CCCCN3C(=O)COc3ccccc3)c2)CC1. The molecule has 2 aromatic carbocycles. The maximum absolute atomic E-state index is 13.2. The molecule has 0 radical (unpaired) electrons. The van der Waals surface area contributed by atoms with E-state index in [1.54, 1.807) is 27.5 Å². The minimum Gasteiger partial charge on any atom is -0.484 e. The van der Waals surface area contributed by atoms with Crippen LogP contribution >= 0.6 is 0 Å². The van der Waals surface area contributed by atoms with Crippen LogP contribution in [0.1, 0.15) is 48.4 Å². The minimum absolute atomic E-state index is 0.0275. The van der Waals surface area contributed by atoms with Gasteiger partial charge in [0, 0.05) is 45.2 Å². The third-order valence-electron chi connectivity index (χ3n) is 7.15. The molecule has 0 bridgehead atoms. The van der Waals surface area contributed by atoms with Crippen LogP contribution in [0.2, 0.25) is 0 Å². The van der Waals surface area contributed by atoms with Gasteiger partial charge in [0.1, 0.15) is 12.1 Å². The van der Waals surface area contributed by atoms with Crippen LogP contribution in [0.4, 0.5) is 0 Å². The maximum Gasteiger partial charge on any atom is 0.261 e. The largest absolute Gasteiger partial charge is 0.484 e. The molecule has 1 aromatic heterocycles. The number of para-hydroxylation sites is 1. The van der Waals surface area contributed by atoms with Gasteiger partial charge in [-0.15, -0.1) is 0 Å². The number of hydrogen-bond acceptors (Lipinski definition) is 6.